The molecule has 0 saturated heterocycles. The Kier molecular flexibility index (Phi) is 8.13. The van der Waals surface area contributed by atoms with E-state index in [9.17, 15) is 0 Å². The Morgan fingerprint density at radius 3 is 2.00 bits per heavy atom. The van der Waals surface area contributed by atoms with Gasteiger partial charge in [0.15, 0.2) is 0 Å². The van der Waals surface area contributed by atoms with Crippen LogP contribution in [0.15, 0.2) is 0 Å². The zero-order valence-corrected chi connectivity index (χ0v) is 11.5. The van der Waals surface area contributed by atoms with Crippen LogP contribution in [0.4, 0.5) is 0 Å². The maximum absolute atomic E-state index is 3.61. The van der Waals surface area contributed by atoms with Gasteiger partial charge in [0.1, 0.15) is 0 Å². The summed E-state index contributed by atoms with van der Waals surface area (Å²) in [6, 6.07) is 0.684. The first-order chi connectivity index (χ1) is 7.02. The van der Waals surface area contributed by atoms with Crippen molar-refractivity contribution in [3.63, 3.8) is 0 Å². The highest BCUT2D eigenvalue weighted by atomic mass is 14.9. The van der Waals surface area contributed by atoms with Gasteiger partial charge in [-0.15, -0.1) is 0 Å². The van der Waals surface area contributed by atoms with Gasteiger partial charge in [-0.3, -0.25) is 0 Å². The van der Waals surface area contributed by atoms with Crippen LogP contribution in [-0.2, 0) is 0 Å². The van der Waals surface area contributed by atoms with Crippen LogP contribution in [0.5, 0.6) is 0 Å². The predicted octanol–water partition coefficient (Wildman–Crippen LogP) is 4.37. The van der Waals surface area contributed by atoms with Crippen molar-refractivity contribution in [2.75, 3.05) is 6.54 Å². The van der Waals surface area contributed by atoms with Gasteiger partial charge in [-0.1, -0.05) is 66.7 Å². The quantitative estimate of drug-likeness (QED) is 0.590. The second-order valence-electron chi connectivity index (χ2n) is 5.68. The molecule has 0 aromatic rings. The average molecular weight is 213 g/mol. The van der Waals surface area contributed by atoms with Gasteiger partial charge in [0.05, 0.1) is 0 Å². The normalized spacial score (nSPS) is 14.2. The standard InChI is InChI=1S/C14H31N/c1-6-8-9-10-11-12-13(15-7-2)14(3,4)5/h13,15H,6-12H2,1-5H3. The summed E-state index contributed by atoms with van der Waals surface area (Å²) in [6.45, 7) is 12.6. The third-order valence-electron chi connectivity index (χ3n) is 3.09. The molecule has 0 aromatic heterocycles. The molecule has 92 valence electrons. The minimum atomic E-state index is 0.404. The van der Waals surface area contributed by atoms with Crippen molar-refractivity contribution >= 4 is 0 Å². The monoisotopic (exact) mass is 213 g/mol. The Bertz CT molecular complexity index is 135. The molecule has 0 saturated carbocycles. The molecule has 0 bridgehead atoms. The smallest absolute Gasteiger partial charge is 0.0115 e. The van der Waals surface area contributed by atoms with E-state index in [1.807, 2.05) is 0 Å². The number of hydrogen-bond donors (Lipinski definition) is 1. The summed E-state index contributed by atoms with van der Waals surface area (Å²) in [4.78, 5) is 0. The Hall–Kier alpha value is -0.0400. The van der Waals surface area contributed by atoms with Crippen LogP contribution in [-0.4, -0.2) is 12.6 Å². The van der Waals surface area contributed by atoms with Crippen LogP contribution in [0.2, 0.25) is 0 Å². The third-order valence-corrected chi connectivity index (χ3v) is 3.09. The molecule has 1 heteroatoms. The molecule has 0 spiro atoms. The summed E-state index contributed by atoms with van der Waals surface area (Å²) >= 11 is 0. The molecular weight excluding hydrogens is 182 g/mol. The number of rotatable bonds is 8. The van der Waals surface area contributed by atoms with Crippen molar-refractivity contribution in [2.45, 2.75) is 79.2 Å². The third kappa shape index (κ3) is 7.84. The summed E-state index contributed by atoms with van der Waals surface area (Å²) in [5.74, 6) is 0. The van der Waals surface area contributed by atoms with Gasteiger partial charge in [-0.25, -0.2) is 0 Å². The topological polar surface area (TPSA) is 12.0 Å². The molecule has 1 atom stereocenters. The van der Waals surface area contributed by atoms with E-state index < -0.39 is 0 Å². The molecule has 0 aromatic carbocycles. The molecule has 0 fully saturated rings. The molecule has 1 unspecified atom stereocenters. The number of nitrogens with one attached hydrogen (secondary N) is 1. The lowest BCUT2D eigenvalue weighted by Crippen LogP contribution is -2.40. The van der Waals surface area contributed by atoms with Crippen molar-refractivity contribution in [1.29, 1.82) is 0 Å². The first kappa shape index (κ1) is 15.0. The molecule has 0 radical (unpaired) electrons. The summed E-state index contributed by atoms with van der Waals surface area (Å²) in [7, 11) is 0. The van der Waals surface area contributed by atoms with Gasteiger partial charge in [-0.2, -0.15) is 0 Å². The van der Waals surface area contributed by atoms with Crippen LogP contribution < -0.4 is 5.32 Å². The second kappa shape index (κ2) is 8.15. The van der Waals surface area contributed by atoms with Gasteiger partial charge in [0, 0.05) is 6.04 Å². The van der Waals surface area contributed by atoms with Gasteiger partial charge in [0.25, 0.3) is 0 Å². The van der Waals surface area contributed by atoms with E-state index in [0.717, 1.165) is 6.54 Å². The fraction of sp³-hybridized carbons (Fsp3) is 1.00. The maximum atomic E-state index is 3.61. The van der Waals surface area contributed by atoms with E-state index in [0.29, 0.717) is 11.5 Å². The molecule has 0 rings (SSSR count). The van der Waals surface area contributed by atoms with Crippen molar-refractivity contribution in [3.05, 3.63) is 0 Å². The zero-order valence-electron chi connectivity index (χ0n) is 11.5. The largest absolute Gasteiger partial charge is 0.314 e. The van der Waals surface area contributed by atoms with Crippen LogP contribution >= 0.6 is 0 Å². The zero-order chi connectivity index (χ0) is 11.7. The van der Waals surface area contributed by atoms with Crippen molar-refractivity contribution in [3.8, 4) is 0 Å². The molecule has 15 heavy (non-hydrogen) atoms. The highest BCUT2D eigenvalue weighted by Gasteiger charge is 2.22. The van der Waals surface area contributed by atoms with Crippen molar-refractivity contribution in [2.24, 2.45) is 5.41 Å². The predicted molar refractivity (Wildman–Crippen MR) is 70.3 cm³/mol. The number of hydrogen-bond acceptors (Lipinski definition) is 1. The summed E-state index contributed by atoms with van der Waals surface area (Å²) in [5.41, 5.74) is 0.404. The first-order valence-corrected chi connectivity index (χ1v) is 6.75. The van der Waals surface area contributed by atoms with E-state index in [1.54, 1.807) is 0 Å². The highest BCUT2D eigenvalue weighted by Crippen LogP contribution is 2.23. The van der Waals surface area contributed by atoms with Crippen LogP contribution in [0, 0.1) is 5.41 Å². The highest BCUT2D eigenvalue weighted by molar-refractivity contribution is 4.79. The Morgan fingerprint density at radius 1 is 0.933 bits per heavy atom. The van der Waals surface area contributed by atoms with Gasteiger partial charge in [0.2, 0.25) is 0 Å². The minimum Gasteiger partial charge on any atom is -0.314 e. The minimum absolute atomic E-state index is 0.404. The van der Waals surface area contributed by atoms with Gasteiger partial charge >= 0.3 is 0 Å². The van der Waals surface area contributed by atoms with Crippen molar-refractivity contribution < 1.29 is 0 Å². The van der Waals surface area contributed by atoms with E-state index >= 15 is 0 Å². The van der Waals surface area contributed by atoms with Crippen LogP contribution in [0.3, 0.4) is 0 Å². The van der Waals surface area contributed by atoms with Crippen LogP contribution in [0.1, 0.15) is 73.1 Å². The molecule has 0 amide bonds. The van der Waals surface area contributed by atoms with Crippen LogP contribution in [0.25, 0.3) is 0 Å². The lowest BCUT2D eigenvalue weighted by Gasteiger charge is -2.31. The first-order valence-electron chi connectivity index (χ1n) is 6.75. The fourth-order valence-corrected chi connectivity index (χ4v) is 2.04. The van der Waals surface area contributed by atoms with E-state index in [4.69, 9.17) is 0 Å². The molecule has 0 aliphatic rings. The molecule has 1 nitrogen and oxygen atoms in total. The lowest BCUT2D eigenvalue weighted by atomic mass is 9.83. The fourth-order valence-electron chi connectivity index (χ4n) is 2.04. The summed E-state index contributed by atoms with van der Waals surface area (Å²) in [5, 5.41) is 3.61. The molecule has 0 heterocycles. The molecule has 1 N–H and O–H groups in total. The van der Waals surface area contributed by atoms with E-state index in [1.165, 1.54) is 38.5 Å². The second-order valence-corrected chi connectivity index (χ2v) is 5.68. The number of unbranched alkanes of at least 4 members (excludes halogenated alkanes) is 4. The van der Waals surface area contributed by atoms with Gasteiger partial charge < -0.3 is 5.32 Å². The Balaban J connectivity index is 3.67. The summed E-state index contributed by atoms with van der Waals surface area (Å²) in [6.07, 6.45) is 8.29. The summed E-state index contributed by atoms with van der Waals surface area (Å²) < 4.78 is 0. The van der Waals surface area contributed by atoms with Gasteiger partial charge in [-0.05, 0) is 18.4 Å². The molecular formula is C14H31N. The van der Waals surface area contributed by atoms with Crippen molar-refractivity contribution in [1.82, 2.24) is 5.32 Å². The van der Waals surface area contributed by atoms with E-state index in [2.05, 4.69) is 39.9 Å². The lowest BCUT2D eigenvalue weighted by molar-refractivity contribution is 0.252. The Morgan fingerprint density at radius 2 is 1.53 bits per heavy atom. The SMILES string of the molecule is CCCCCCCC(NCC)C(C)(C)C. The molecule has 0 aliphatic heterocycles. The average Bonchev–Trinajstić information content (AvgIpc) is 2.14. The maximum Gasteiger partial charge on any atom is 0.0115 e. The molecule has 0 aliphatic carbocycles. The Labute approximate surface area is 97.0 Å². The van der Waals surface area contributed by atoms with E-state index in [-0.39, 0.29) is 0 Å².